The van der Waals surface area contributed by atoms with Gasteiger partial charge in [-0.2, -0.15) is 0 Å². The zero-order chi connectivity index (χ0) is 13.9. The first-order valence-electron chi connectivity index (χ1n) is 7.18. The summed E-state index contributed by atoms with van der Waals surface area (Å²) in [5.74, 6) is 0.614. The Morgan fingerprint density at radius 3 is 2.95 bits per heavy atom. The van der Waals surface area contributed by atoms with E-state index in [1.807, 2.05) is 12.4 Å². The molecule has 1 N–H and O–H groups in total. The number of fused-ring (bicyclic) bond motifs is 1. The van der Waals surface area contributed by atoms with E-state index in [2.05, 4.69) is 63.5 Å². The lowest BCUT2D eigenvalue weighted by atomic mass is 9.93. The van der Waals surface area contributed by atoms with Gasteiger partial charge in [-0.15, -0.1) is 0 Å². The Hall–Kier alpha value is -1.19. The summed E-state index contributed by atoms with van der Waals surface area (Å²) in [6, 6.07) is 11.5. The molecular formula is C17H19BrN2. The molecule has 20 heavy (non-hydrogen) atoms. The van der Waals surface area contributed by atoms with Crippen molar-refractivity contribution < 1.29 is 0 Å². The van der Waals surface area contributed by atoms with Crippen molar-refractivity contribution in [1.82, 2.24) is 10.3 Å². The predicted molar refractivity (Wildman–Crippen MR) is 85.7 cm³/mol. The summed E-state index contributed by atoms with van der Waals surface area (Å²) in [5, 5.41) is 3.65. The third-order valence-corrected chi connectivity index (χ3v) is 4.46. The number of nitrogens with zero attached hydrogens (tertiary/aromatic N) is 1. The first-order valence-corrected chi connectivity index (χ1v) is 7.98. The van der Waals surface area contributed by atoms with Crippen molar-refractivity contribution >= 4 is 15.9 Å². The van der Waals surface area contributed by atoms with Crippen LogP contribution < -0.4 is 5.32 Å². The van der Waals surface area contributed by atoms with Crippen molar-refractivity contribution in [2.24, 2.45) is 5.92 Å². The molecule has 2 aromatic rings. The normalized spacial score (nSPS) is 20.9. The molecule has 1 aromatic heterocycles. The second kappa shape index (κ2) is 6.06. The molecule has 0 amide bonds. The smallest absolute Gasteiger partial charge is 0.0410 e. The van der Waals surface area contributed by atoms with E-state index in [9.17, 15) is 0 Å². The highest BCUT2D eigenvalue weighted by Crippen LogP contribution is 2.37. The molecule has 0 saturated heterocycles. The zero-order valence-electron chi connectivity index (χ0n) is 11.6. The van der Waals surface area contributed by atoms with Crippen LogP contribution in [0.5, 0.6) is 0 Å². The highest BCUT2D eigenvalue weighted by Gasteiger charge is 2.31. The Morgan fingerprint density at radius 2 is 2.15 bits per heavy atom. The number of hydrogen-bond acceptors (Lipinski definition) is 2. The van der Waals surface area contributed by atoms with Gasteiger partial charge in [0.15, 0.2) is 0 Å². The van der Waals surface area contributed by atoms with E-state index in [0.29, 0.717) is 12.0 Å². The molecule has 2 atom stereocenters. The summed E-state index contributed by atoms with van der Waals surface area (Å²) >= 11 is 3.51. The maximum atomic E-state index is 4.28. The molecule has 3 heteroatoms. The monoisotopic (exact) mass is 330 g/mol. The Bertz CT molecular complexity index is 597. The fourth-order valence-electron chi connectivity index (χ4n) is 3.23. The van der Waals surface area contributed by atoms with Crippen LogP contribution in [0.15, 0.2) is 47.2 Å². The molecule has 2 unspecified atom stereocenters. The molecule has 104 valence electrons. The Labute approximate surface area is 128 Å². The van der Waals surface area contributed by atoms with Crippen molar-refractivity contribution in [3.63, 3.8) is 0 Å². The molecule has 2 nitrogen and oxygen atoms in total. The lowest BCUT2D eigenvalue weighted by molar-refractivity contribution is 0.393. The largest absolute Gasteiger partial charge is 0.310 e. The van der Waals surface area contributed by atoms with Gasteiger partial charge in [0.2, 0.25) is 0 Å². The van der Waals surface area contributed by atoms with Crippen LogP contribution in [0.4, 0.5) is 0 Å². The number of benzene rings is 1. The van der Waals surface area contributed by atoms with E-state index in [-0.39, 0.29) is 0 Å². The Balaban J connectivity index is 1.83. The predicted octanol–water partition coefficient (Wildman–Crippen LogP) is 3.91. The van der Waals surface area contributed by atoms with Gasteiger partial charge in [0, 0.05) is 22.9 Å². The molecule has 0 saturated carbocycles. The molecule has 1 aliphatic carbocycles. The summed E-state index contributed by atoms with van der Waals surface area (Å²) in [7, 11) is 0. The van der Waals surface area contributed by atoms with E-state index < -0.39 is 0 Å². The standard InChI is InChI=1S/C17H19BrN2/c1-2-20-17-14(7-12-8-15(18)11-19-10-12)9-13-5-3-4-6-16(13)17/h3-6,8,10-11,14,17,20H,2,7,9H2,1H3. The van der Waals surface area contributed by atoms with Gasteiger partial charge >= 0.3 is 0 Å². The van der Waals surface area contributed by atoms with Crippen LogP contribution >= 0.6 is 15.9 Å². The number of hydrogen-bond donors (Lipinski definition) is 1. The number of aromatic nitrogens is 1. The van der Waals surface area contributed by atoms with E-state index in [4.69, 9.17) is 0 Å². The SMILES string of the molecule is CCNC1c2ccccc2CC1Cc1cncc(Br)c1. The van der Waals surface area contributed by atoms with Crippen molar-refractivity contribution in [3.05, 3.63) is 63.9 Å². The highest BCUT2D eigenvalue weighted by molar-refractivity contribution is 9.10. The minimum Gasteiger partial charge on any atom is -0.310 e. The maximum absolute atomic E-state index is 4.28. The number of rotatable bonds is 4. The van der Waals surface area contributed by atoms with Gasteiger partial charge in [0.05, 0.1) is 0 Å². The van der Waals surface area contributed by atoms with Gasteiger partial charge in [0.25, 0.3) is 0 Å². The summed E-state index contributed by atoms with van der Waals surface area (Å²) in [4.78, 5) is 4.28. The van der Waals surface area contributed by atoms with Crippen LogP contribution in [0.2, 0.25) is 0 Å². The zero-order valence-corrected chi connectivity index (χ0v) is 13.2. The fourth-order valence-corrected chi connectivity index (χ4v) is 3.65. The van der Waals surface area contributed by atoms with Gasteiger partial charge < -0.3 is 5.32 Å². The van der Waals surface area contributed by atoms with Crippen LogP contribution in [-0.4, -0.2) is 11.5 Å². The van der Waals surface area contributed by atoms with Crippen molar-refractivity contribution in [3.8, 4) is 0 Å². The third-order valence-electron chi connectivity index (χ3n) is 4.03. The fraction of sp³-hybridized carbons (Fsp3) is 0.353. The lowest BCUT2D eigenvalue weighted by Gasteiger charge is -2.21. The molecule has 1 heterocycles. The van der Waals surface area contributed by atoms with Gasteiger partial charge in [-0.3, -0.25) is 4.98 Å². The maximum Gasteiger partial charge on any atom is 0.0410 e. The van der Waals surface area contributed by atoms with E-state index in [1.165, 1.54) is 16.7 Å². The topological polar surface area (TPSA) is 24.9 Å². The van der Waals surface area contributed by atoms with Crippen molar-refractivity contribution in [1.29, 1.82) is 0 Å². The average molecular weight is 331 g/mol. The average Bonchev–Trinajstić information content (AvgIpc) is 2.77. The number of pyridine rings is 1. The first-order chi connectivity index (χ1) is 9.78. The van der Waals surface area contributed by atoms with Crippen LogP contribution in [0, 0.1) is 5.92 Å². The van der Waals surface area contributed by atoms with Crippen LogP contribution in [0.25, 0.3) is 0 Å². The van der Waals surface area contributed by atoms with Gasteiger partial charge in [-0.25, -0.2) is 0 Å². The third kappa shape index (κ3) is 2.79. The molecule has 0 spiro atoms. The van der Waals surface area contributed by atoms with E-state index in [0.717, 1.165) is 23.9 Å². The minimum absolute atomic E-state index is 0.468. The second-order valence-electron chi connectivity index (χ2n) is 5.41. The molecule has 3 rings (SSSR count). The van der Waals surface area contributed by atoms with Crippen LogP contribution in [0.1, 0.15) is 29.7 Å². The summed E-state index contributed by atoms with van der Waals surface area (Å²) < 4.78 is 1.06. The van der Waals surface area contributed by atoms with Crippen molar-refractivity contribution in [2.45, 2.75) is 25.8 Å². The summed E-state index contributed by atoms with van der Waals surface area (Å²) in [6.07, 6.45) is 6.05. The Morgan fingerprint density at radius 1 is 1.30 bits per heavy atom. The quantitative estimate of drug-likeness (QED) is 0.919. The van der Waals surface area contributed by atoms with Crippen LogP contribution in [-0.2, 0) is 12.8 Å². The number of halogens is 1. The number of nitrogens with one attached hydrogen (secondary N) is 1. The van der Waals surface area contributed by atoms with E-state index >= 15 is 0 Å². The molecule has 0 fully saturated rings. The second-order valence-corrected chi connectivity index (χ2v) is 6.33. The van der Waals surface area contributed by atoms with Gasteiger partial charge in [-0.05, 0) is 64.0 Å². The molecular weight excluding hydrogens is 312 g/mol. The Kier molecular flexibility index (Phi) is 4.18. The summed E-state index contributed by atoms with van der Waals surface area (Å²) in [5.41, 5.74) is 4.27. The first kappa shape index (κ1) is 13.8. The van der Waals surface area contributed by atoms with Crippen LogP contribution in [0.3, 0.4) is 0 Å². The summed E-state index contributed by atoms with van der Waals surface area (Å²) in [6.45, 7) is 3.19. The lowest BCUT2D eigenvalue weighted by Crippen LogP contribution is -2.26. The molecule has 1 aromatic carbocycles. The molecule has 0 aliphatic heterocycles. The molecule has 1 aliphatic rings. The highest BCUT2D eigenvalue weighted by atomic mass is 79.9. The van der Waals surface area contributed by atoms with E-state index in [1.54, 1.807) is 0 Å². The molecule has 0 radical (unpaired) electrons. The van der Waals surface area contributed by atoms with Gasteiger partial charge in [-0.1, -0.05) is 31.2 Å². The minimum atomic E-state index is 0.468. The van der Waals surface area contributed by atoms with Gasteiger partial charge in [0.1, 0.15) is 0 Å². The van der Waals surface area contributed by atoms with Crippen molar-refractivity contribution in [2.75, 3.05) is 6.54 Å². The molecule has 0 bridgehead atoms.